The number of carbonyl (C=O) groups is 2. The number of likely N-dealkylation sites (tertiary alicyclic amines) is 1. The number of imide groups is 1. The van der Waals surface area contributed by atoms with Crippen LogP contribution in [-0.4, -0.2) is 74.7 Å². The molecular formula is C41H49N9O4. The lowest BCUT2D eigenvalue weighted by Gasteiger charge is -2.34. The second kappa shape index (κ2) is 14.8. The van der Waals surface area contributed by atoms with Crippen molar-refractivity contribution < 1.29 is 19.2 Å². The highest BCUT2D eigenvalue weighted by molar-refractivity contribution is 6.10. The second-order valence-electron chi connectivity index (χ2n) is 15.8. The van der Waals surface area contributed by atoms with Crippen molar-refractivity contribution >= 4 is 51.0 Å². The van der Waals surface area contributed by atoms with Crippen LogP contribution in [0.15, 0.2) is 53.3 Å². The van der Waals surface area contributed by atoms with Crippen LogP contribution in [0, 0.1) is 5.92 Å². The Balaban J connectivity index is 0.809. The molecule has 1 saturated carbocycles. The van der Waals surface area contributed by atoms with Crippen LogP contribution >= 0.6 is 0 Å². The van der Waals surface area contributed by atoms with Gasteiger partial charge in [0.15, 0.2) is 11.4 Å². The molecule has 2 aromatic carbocycles. The van der Waals surface area contributed by atoms with E-state index >= 15 is 0 Å². The number of nitrogens with one attached hydrogen (secondary N) is 3. The van der Waals surface area contributed by atoms with Crippen molar-refractivity contribution in [3.8, 4) is 0 Å². The topological polar surface area (TPSA) is 179 Å². The summed E-state index contributed by atoms with van der Waals surface area (Å²) in [5.74, 6) is 1.88. The largest absolute Gasteiger partial charge is 0.373 e. The summed E-state index contributed by atoms with van der Waals surface area (Å²) in [5.41, 5.74) is 12.1. The van der Waals surface area contributed by atoms with Crippen LogP contribution in [0.1, 0.15) is 111 Å². The number of hydrogen-bond donors (Lipinski definition) is 5. The van der Waals surface area contributed by atoms with Crippen LogP contribution in [0.5, 0.6) is 0 Å². The Hall–Kier alpha value is -4.85. The van der Waals surface area contributed by atoms with Gasteiger partial charge in [0.2, 0.25) is 11.8 Å². The average Bonchev–Trinajstić information content (AvgIpc) is 3.96. The van der Waals surface area contributed by atoms with Gasteiger partial charge in [0, 0.05) is 48.8 Å². The fraction of sp³-hybridized carbons (Fsp3) is 0.488. The van der Waals surface area contributed by atoms with Gasteiger partial charge in [0.1, 0.15) is 23.4 Å². The number of H-pyrrole nitrogens is 1. The summed E-state index contributed by atoms with van der Waals surface area (Å²) in [7, 11) is 0. The first-order chi connectivity index (χ1) is 26.4. The normalized spacial score (nSPS) is 23.7. The van der Waals surface area contributed by atoms with E-state index in [1.54, 1.807) is 6.20 Å². The molecule has 4 aliphatic rings. The number of benzene rings is 2. The van der Waals surface area contributed by atoms with Gasteiger partial charge in [-0.1, -0.05) is 17.3 Å². The summed E-state index contributed by atoms with van der Waals surface area (Å²) in [6, 6.07) is 12.8. The molecular weight excluding hydrogens is 683 g/mol. The maximum Gasteiger partial charge on any atom is 0.235 e. The molecule has 0 bridgehead atoms. The van der Waals surface area contributed by atoms with Crippen LogP contribution in [0.4, 0.5) is 17.3 Å². The maximum absolute atomic E-state index is 12.7. The van der Waals surface area contributed by atoms with Gasteiger partial charge in [-0.25, -0.2) is 9.97 Å². The number of aromatic amines is 1. The summed E-state index contributed by atoms with van der Waals surface area (Å²) < 4.78 is 5.86. The number of fused-ring (bicyclic) bond motifs is 3. The van der Waals surface area contributed by atoms with E-state index in [0.717, 1.165) is 99.0 Å². The van der Waals surface area contributed by atoms with E-state index in [9.17, 15) is 14.7 Å². The number of nitrogens with zero attached hydrogens (tertiary/aromatic N) is 5. The van der Waals surface area contributed by atoms with Gasteiger partial charge in [-0.3, -0.25) is 14.9 Å². The highest BCUT2D eigenvalue weighted by atomic mass is 16.5. The quantitative estimate of drug-likeness (QED) is 0.0879. The van der Waals surface area contributed by atoms with Gasteiger partial charge in [-0.05, 0) is 124 Å². The Morgan fingerprint density at radius 3 is 2.57 bits per heavy atom. The zero-order valence-electron chi connectivity index (χ0n) is 30.6. The van der Waals surface area contributed by atoms with E-state index < -0.39 is 12.1 Å². The Bertz CT molecular complexity index is 2150. The van der Waals surface area contributed by atoms with Crippen LogP contribution in [0.3, 0.4) is 0 Å². The monoisotopic (exact) mass is 731 g/mol. The van der Waals surface area contributed by atoms with Crippen LogP contribution in [-0.2, 0) is 9.59 Å². The number of rotatable bonds is 9. The SMILES string of the molecule is NC(O)c1ncc(N2CCCCC2)nc1Nc1ccc(C2CCN(C[C@H]3CCC(c4cc5onc(C6CCC(=O)NC6=O)c5c5cc[nH]c45)C3)CC2)cc1. The fourth-order valence-electron chi connectivity index (χ4n) is 9.51. The third kappa shape index (κ3) is 6.84. The molecule has 13 nitrogen and oxygen atoms in total. The molecule has 3 unspecified atom stereocenters. The van der Waals surface area contributed by atoms with Gasteiger partial charge in [0.05, 0.1) is 17.5 Å². The van der Waals surface area contributed by atoms with E-state index in [1.165, 1.54) is 24.0 Å². The van der Waals surface area contributed by atoms with Crippen molar-refractivity contribution in [1.82, 2.24) is 30.3 Å². The minimum absolute atomic E-state index is 0.233. The Labute approximate surface area is 314 Å². The first kappa shape index (κ1) is 34.9. The van der Waals surface area contributed by atoms with E-state index in [-0.39, 0.29) is 11.8 Å². The number of aromatic nitrogens is 4. The molecule has 6 N–H and O–H groups in total. The summed E-state index contributed by atoms with van der Waals surface area (Å²) >= 11 is 0. The molecule has 4 fully saturated rings. The number of piperidine rings is 3. The lowest BCUT2D eigenvalue weighted by atomic mass is 9.88. The molecule has 3 aliphatic heterocycles. The minimum Gasteiger partial charge on any atom is -0.373 e. The number of amides is 2. The Morgan fingerprint density at radius 1 is 0.981 bits per heavy atom. The van der Waals surface area contributed by atoms with E-state index in [4.69, 9.17) is 15.2 Å². The van der Waals surface area contributed by atoms with Crippen molar-refractivity contribution in [1.29, 1.82) is 0 Å². The van der Waals surface area contributed by atoms with Crippen molar-refractivity contribution in [3.05, 3.63) is 71.3 Å². The number of carbonyl (C=O) groups excluding carboxylic acids is 2. The van der Waals surface area contributed by atoms with Crippen LogP contribution in [0.2, 0.25) is 0 Å². The lowest BCUT2D eigenvalue weighted by molar-refractivity contribution is -0.134. The zero-order valence-corrected chi connectivity index (χ0v) is 30.6. The van der Waals surface area contributed by atoms with Gasteiger partial charge < -0.3 is 35.5 Å². The van der Waals surface area contributed by atoms with Crippen molar-refractivity contribution in [2.75, 3.05) is 42.9 Å². The molecule has 282 valence electrons. The number of aliphatic hydroxyl groups is 1. The molecule has 3 aromatic heterocycles. The molecule has 13 heteroatoms. The van der Waals surface area contributed by atoms with Crippen LogP contribution < -0.4 is 21.3 Å². The molecule has 0 radical (unpaired) electrons. The molecule has 9 rings (SSSR count). The molecule has 6 heterocycles. The zero-order chi connectivity index (χ0) is 36.8. The van der Waals surface area contributed by atoms with Gasteiger partial charge in [-0.2, -0.15) is 0 Å². The highest BCUT2D eigenvalue weighted by Crippen LogP contribution is 2.45. The number of anilines is 3. The predicted octanol–water partition coefficient (Wildman–Crippen LogP) is 6.07. The third-order valence-electron chi connectivity index (χ3n) is 12.4. The fourth-order valence-corrected chi connectivity index (χ4v) is 9.51. The molecule has 3 saturated heterocycles. The Morgan fingerprint density at radius 2 is 1.80 bits per heavy atom. The molecule has 1 aliphatic carbocycles. The maximum atomic E-state index is 12.7. The first-order valence-electron chi connectivity index (χ1n) is 19.8. The second-order valence-corrected chi connectivity index (χ2v) is 15.8. The minimum atomic E-state index is -1.21. The van der Waals surface area contributed by atoms with E-state index in [0.29, 0.717) is 53.4 Å². The molecule has 54 heavy (non-hydrogen) atoms. The standard InChI is InChI=1S/C41H49N9O4/c42-39(52)38-40(46-33(22-44-38)50-16-2-1-3-17-50)45-28-8-6-25(7-9-28)26-13-18-49(19-14-26)23-24-4-5-27(20-24)31-21-32-35(29-12-15-43-36(29)31)37(48-54-32)30-10-11-34(51)47-41(30)53/h6-9,12,15,21-22,24,26-27,30,39,43,52H,1-5,10-11,13-14,16-20,23,42H2,(H,45,46)(H,47,51,53)/t24-,27?,30?,39?/m0/s1. The molecule has 5 aromatic rings. The average molecular weight is 732 g/mol. The van der Waals surface area contributed by atoms with Gasteiger partial charge >= 0.3 is 0 Å². The smallest absolute Gasteiger partial charge is 0.235 e. The summed E-state index contributed by atoms with van der Waals surface area (Å²) in [6.07, 6.45) is 12.5. The van der Waals surface area contributed by atoms with Crippen LogP contribution in [0.25, 0.3) is 21.9 Å². The Kier molecular flexibility index (Phi) is 9.54. The van der Waals surface area contributed by atoms with Crippen molar-refractivity contribution in [2.24, 2.45) is 11.7 Å². The van der Waals surface area contributed by atoms with E-state index in [1.807, 2.05) is 6.20 Å². The number of hydrogen-bond acceptors (Lipinski definition) is 11. The predicted molar refractivity (Wildman–Crippen MR) is 206 cm³/mol. The van der Waals surface area contributed by atoms with Crippen molar-refractivity contribution in [2.45, 2.75) is 88.2 Å². The lowest BCUT2D eigenvalue weighted by Crippen LogP contribution is -2.39. The number of aliphatic hydroxyl groups excluding tert-OH is 1. The van der Waals surface area contributed by atoms with Crippen molar-refractivity contribution in [3.63, 3.8) is 0 Å². The summed E-state index contributed by atoms with van der Waals surface area (Å²) in [4.78, 5) is 42.1. The number of nitrogens with two attached hydrogens (primary N) is 1. The van der Waals surface area contributed by atoms with Gasteiger partial charge in [0.25, 0.3) is 0 Å². The third-order valence-corrected chi connectivity index (χ3v) is 12.4. The summed E-state index contributed by atoms with van der Waals surface area (Å²) in [5, 5.41) is 22.3. The molecule has 0 spiro atoms. The summed E-state index contributed by atoms with van der Waals surface area (Å²) in [6.45, 7) is 5.23. The highest BCUT2D eigenvalue weighted by Gasteiger charge is 2.35. The van der Waals surface area contributed by atoms with E-state index in [2.05, 4.69) is 72.0 Å². The first-order valence-corrected chi connectivity index (χ1v) is 19.8. The molecule has 2 amide bonds. The molecule has 4 atom stereocenters. The van der Waals surface area contributed by atoms with Gasteiger partial charge in [-0.15, -0.1) is 0 Å².